The Labute approximate surface area is 54.8 Å². The van der Waals surface area contributed by atoms with Crippen LogP contribution in [0.1, 0.15) is 6.92 Å². The van der Waals surface area contributed by atoms with Crippen molar-refractivity contribution in [1.82, 2.24) is 0 Å². The van der Waals surface area contributed by atoms with Gasteiger partial charge in [0.1, 0.15) is 0 Å². The molecule has 0 amide bonds. The van der Waals surface area contributed by atoms with Crippen LogP contribution in [0.3, 0.4) is 0 Å². The standard InChI is InChI=1S/C4H7Cl2P/c1-2-3-4-7(5)6/h2-3H,4H2,1H3/b3-2+. The van der Waals surface area contributed by atoms with Gasteiger partial charge >= 0.3 is 0 Å². The molecule has 0 nitrogen and oxygen atoms in total. The highest BCUT2D eigenvalue weighted by Crippen LogP contribution is 2.46. The molecule has 0 aromatic carbocycles. The highest BCUT2D eigenvalue weighted by Gasteiger charge is 1.90. The molecule has 0 unspecified atom stereocenters. The molecule has 0 spiro atoms. The van der Waals surface area contributed by atoms with Crippen LogP contribution in [0.2, 0.25) is 0 Å². The number of allylic oxidation sites excluding steroid dienone is 2. The lowest BCUT2D eigenvalue weighted by Crippen LogP contribution is -1.59. The molecule has 0 aliphatic carbocycles. The van der Waals surface area contributed by atoms with Gasteiger partial charge in [0, 0.05) is 6.16 Å². The minimum atomic E-state index is -0.749. The normalized spacial score (nSPS) is 11.4. The third-order valence-corrected chi connectivity index (χ3v) is 1.79. The molecule has 0 aliphatic rings. The van der Waals surface area contributed by atoms with Gasteiger partial charge in [-0.15, -0.1) is 0 Å². The van der Waals surface area contributed by atoms with E-state index in [0.29, 0.717) is 0 Å². The summed E-state index contributed by atoms with van der Waals surface area (Å²) in [6.45, 7) is 1.20. The molecule has 0 N–H and O–H groups in total. The molecule has 0 saturated heterocycles. The zero-order chi connectivity index (χ0) is 5.70. The van der Waals surface area contributed by atoms with Crippen LogP contribution in [-0.4, -0.2) is 6.16 Å². The van der Waals surface area contributed by atoms with Gasteiger partial charge in [0.05, 0.1) is 6.63 Å². The lowest BCUT2D eigenvalue weighted by atomic mass is 10.6. The van der Waals surface area contributed by atoms with Gasteiger partial charge in [0.15, 0.2) is 0 Å². The smallest absolute Gasteiger partial charge is 0.0892 e. The first-order chi connectivity index (χ1) is 3.27. The lowest BCUT2D eigenvalue weighted by Gasteiger charge is -1.88. The van der Waals surface area contributed by atoms with E-state index in [-0.39, 0.29) is 0 Å². The van der Waals surface area contributed by atoms with Crippen LogP contribution >= 0.6 is 29.1 Å². The van der Waals surface area contributed by atoms with Crippen LogP contribution in [0.5, 0.6) is 0 Å². The summed E-state index contributed by atoms with van der Waals surface area (Å²) >= 11 is 10.9. The molecule has 0 radical (unpaired) electrons. The third kappa shape index (κ3) is 6.75. The fraction of sp³-hybridized carbons (Fsp3) is 0.500. The topological polar surface area (TPSA) is 0 Å². The summed E-state index contributed by atoms with van der Waals surface area (Å²) < 4.78 is 0. The maximum Gasteiger partial charge on any atom is 0.0892 e. The van der Waals surface area contributed by atoms with E-state index in [2.05, 4.69) is 0 Å². The molecule has 0 bridgehead atoms. The van der Waals surface area contributed by atoms with Gasteiger partial charge in [-0.05, 0) is 6.92 Å². The van der Waals surface area contributed by atoms with E-state index < -0.39 is 6.63 Å². The van der Waals surface area contributed by atoms with E-state index in [1.54, 1.807) is 0 Å². The molecule has 42 valence electrons. The molecule has 0 aliphatic heterocycles. The van der Waals surface area contributed by atoms with Crippen LogP contribution in [0.4, 0.5) is 0 Å². The van der Waals surface area contributed by atoms with E-state index in [1.807, 2.05) is 19.1 Å². The van der Waals surface area contributed by atoms with Crippen LogP contribution in [-0.2, 0) is 0 Å². The van der Waals surface area contributed by atoms with Gasteiger partial charge in [0.25, 0.3) is 0 Å². The molecular weight excluding hydrogens is 150 g/mol. The van der Waals surface area contributed by atoms with Crippen LogP contribution in [0.25, 0.3) is 0 Å². The Morgan fingerprint density at radius 2 is 2.14 bits per heavy atom. The van der Waals surface area contributed by atoms with Gasteiger partial charge in [0.2, 0.25) is 0 Å². The molecule has 0 heterocycles. The first-order valence-corrected chi connectivity index (χ1v) is 5.31. The van der Waals surface area contributed by atoms with Crippen molar-refractivity contribution >= 4 is 29.1 Å². The SMILES string of the molecule is C/C=C/CP(Cl)Cl. The Kier molecular flexibility index (Phi) is 5.42. The molecule has 7 heavy (non-hydrogen) atoms. The molecule has 0 atom stereocenters. The highest BCUT2D eigenvalue weighted by atomic mass is 35.9. The Morgan fingerprint density at radius 1 is 1.57 bits per heavy atom. The predicted molar refractivity (Wildman–Crippen MR) is 38.3 cm³/mol. The zero-order valence-corrected chi connectivity index (χ0v) is 6.47. The van der Waals surface area contributed by atoms with E-state index in [4.69, 9.17) is 22.5 Å². The van der Waals surface area contributed by atoms with Gasteiger partial charge < -0.3 is 0 Å². The predicted octanol–water partition coefficient (Wildman–Crippen LogP) is 3.35. The van der Waals surface area contributed by atoms with Crippen molar-refractivity contribution in [2.24, 2.45) is 0 Å². The first kappa shape index (κ1) is 7.75. The fourth-order valence-electron chi connectivity index (χ4n) is 0.185. The van der Waals surface area contributed by atoms with E-state index in [1.165, 1.54) is 0 Å². The van der Waals surface area contributed by atoms with Gasteiger partial charge in [-0.1, -0.05) is 34.6 Å². The number of halogens is 2. The fourth-order valence-corrected chi connectivity index (χ4v) is 1.03. The van der Waals surface area contributed by atoms with E-state index in [0.717, 1.165) is 6.16 Å². The maximum atomic E-state index is 5.44. The second-order valence-corrected chi connectivity index (χ2v) is 4.99. The summed E-state index contributed by atoms with van der Waals surface area (Å²) in [5.74, 6) is 0. The maximum absolute atomic E-state index is 5.44. The largest absolute Gasteiger partial charge is 0.0912 e. The Bertz CT molecular complexity index is 60.7. The number of rotatable bonds is 2. The summed E-state index contributed by atoms with van der Waals surface area (Å²) in [7, 11) is 0. The molecule has 0 saturated carbocycles. The van der Waals surface area contributed by atoms with Crippen molar-refractivity contribution in [2.75, 3.05) is 6.16 Å². The summed E-state index contributed by atoms with van der Waals surface area (Å²) in [5, 5.41) is 0. The quantitative estimate of drug-likeness (QED) is 0.425. The van der Waals surface area contributed by atoms with Crippen molar-refractivity contribution in [3.05, 3.63) is 12.2 Å². The summed E-state index contributed by atoms with van der Waals surface area (Å²) in [6, 6.07) is 0. The van der Waals surface area contributed by atoms with Crippen LogP contribution in [0, 0.1) is 0 Å². The Hall–Kier alpha value is 0.750. The Morgan fingerprint density at radius 3 is 2.29 bits per heavy atom. The van der Waals surface area contributed by atoms with Crippen molar-refractivity contribution in [2.45, 2.75) is 6.92 Å². The minimum absolute atomic E-state index is 0.749. The summed E-state index contributed by atoms with van der Waals surface area (Å²) in [6.07, 6.45) is 4.72. The molecule has 0 aromatic rings. The summed E-state index contributed by atoms with van der Waals surface area (Å²) in [4.78, 5) is 0. The van der Waals surface area contributed by atoms with E-state index >= 15 is 0 Å². The molecule has 3 heteroatoms. The molecule has 0 fully saturated rings. The van der Waals surface area contributed by atoms with Crippen molar-refractivity contribution < 1.29 is 0 Å². The second-order valence-electron chi connectivity index (χ2n) is 1.05. The lowest BCUT2D eigenvalue weighted by molar-refractivity contribution is 1.65. The van der Waals surface area contributed by atoms with Crippen LogP contribution in [0.15, 0.2) is 12.2 Å². The van der Waals surface area contributed by atoms with Crippen molar-refractivity contribution in [3.8, 4) is 0 Å². The molecular formula is C4H7Cl2P. The third-order valence-electron chi connectivity index (χ3n) is 0.479. The van der Waals surface area contributed by atoms with Gasteiger partial charge in [-0.3, -0.25) is 0 Å². The van der Waals surface area contributed by atoms with Crippen LogP contribution < -0.4 is 0 Å². The first-order valence-electron chi connectivity index (χ1n) is 1.97. The zero-order valence-electron chi connectivity index (χ0n) is 4.06. The number of hydrogen-bond donors (Lipinski definition) is 0. The number of hydrogen-bond acceptors (Lipinski definition) is 0. The van der Waals surface area contributed by atoms with Gasteiger partial charge in [-0.25, -0.2) is 0 Å². The molecule has 0 aromatic heterocycles. The van der Waals surface area contributed by atoms with Gasteiger partial charge in [-0.2, -0.15) is 0 Å². The molecule has 0 rings (SSSR count). The van der Waals surface area contributed by atoms with Crippen molar-refractivity contribution in [1.29, 1.82) is 0 Å². The second kappa shape index (κ2) is 4.90. The van der Waals surface area contributed by atoms with Crippen molar-refractivity contribution in [3.63, 3.8) is 0 Å². The minimum Gasteiger partial charge on any atom is -0.0912 e. The summed E-state index contributed by atoms with van der Waals surface area (Å²) in [5.41, 5.74) is 0. The average molecular weight is 157 g/mol. The average Bonchev–Trinajstić information content (AvgIpc) is 1.61. The monoisotopic (exact) mass is 156 g/mol. The Balaban J connectivity index is 2.97. The highest BCUT2D eigenvalue weighted by molar-refractivity contribution is 8.04. The van der Waals surface area contributed by atoms with E-state index in [9.17, 15) is 0 Å².